The van der Waals surface area contributed by atoms with Crippen LogP contribution in [-0.4, -0.2) is 42.6 Å². The lowest BCUT2D eigenvalue weighted by atomic mass is 10.1. The molecule has 2 rings (SSSR count). The molecular weight excluding hydrogens is 352 g/mol. The Labute approximate surface area is 149 Å². The number of hydrogen-bond donors (Lipinski definition) is 1. The van der Waals surface area contributed by atoms with E-state index in [0.29, 0.717) is 17.1 Å². The first-order valence-corrected chi connectivity index (χ1v) is 7.63. The van der Waals surface area contributed by atoms with Crippen LogP contribution in [0.15, 0.2) is 30.4 Å². The lowest BCUT2D eigenvalue weighted by Crippen LogP contribution is -2.53. The highest BCUT2D eigenvalue weighted by Gasteiger charge is 2.32. The van der Waals surface area contributed by atoms with Gasteiger partial charge in [-0.3, -0.25) is 19.8 Å². The third-order valence-corrected chi connectivity index (χ3v) is 4.02. The van der Waals surface area contributed by atoms with Gasteiger partial charge in [0.15, 0.2) is 16.6 Å². The van der Waals surface area contributed by atoms with Crippen molar-refractivity contribution in [2.45, 2.75) is 0 Å². The Balaban J connectivity index is 2.49. The number of nitrogens with one attached hydrogen (secondary N) is 1. The summed E-state index contributed by atoms with van der Waals surface area (Å²) in [5, 5.41) is 2.74. The van der Waals surface area contributed by atoms with E-state index in [-0.39, 0.29) is 22.3 Å². The van der Waals surface area contributed by atoms with Gasteiger partial charge in [-0.1, -0.05) is 17.7 Å². The number of hydrogen-bond acceptors (Lipinski definition) is 5. The van der Waals surface area contributed by atoms with Gasteiger partial charge >= 0.3 is 0 Å². The van der Waals surface area contributed by atoms with Gasteiger partial charge < -0.3 is 9.47 Å². The fourth-order valence-corrected chi connectivity index (χ4v) is 2.70. The highest BCUT2D eigenvalue weighted by molar-refractivity contribution is 7.80. The van der Waals surface area contributed by atoms with E-state index >= 15 is 0 Å². The topological polar surface area (TPSA) is 67.9 Å². The quantitative estimate of drug-likeness (QED) is 0.374. The van der Waals surface area contributed by atoms with Crippen molar-refractivity contribution in [2.24, 2.45) is 0 Å². The Morgan fingerprint density at radius 2 is 2.04 bits per heavy atom. The van der Waals surface area contributed by atoms with Crippen LogP contribution in [0.3, 0.4) is 0 Å². The van der Waals surface area contributed by atoms with E-state index in [2.05, 4.69) is 11.9 Å². The molecule has 1 aromatic carbocycles. The first kappa shape index (κ1) is 18.0. The molecule has 1 heterocycles. The predicted molar refractivity (Wildman–Crippen MR) is 95.2 cm³/mol. The SMILES string of the molecule is C=CCN1C(=O)C(=Cc2ccc(OC)c(OC)c2Cl)C(=O)NC1=S. The zero-order valence-corrected chi connectivity index (χ0v) is 14.7. The molecule has 0 radical (unpaired) electrons. The van der Waals surface area contributed by atoms with Crippen molar-refractivity contribution >= 4 is 46.8 Å². The lowest BCUT2D eigenvalue weighted by molar-refractivity contribution is -0.128. The zero-order chi connectivity index (χ0) is 17.9. The molecule has 126 valence electrons. The molecule has 0 atom stereocenters. The molecular formula is C16H15ClN2O4S. The number of rotatable bonds is 5. The number of thiocarbonyl (C=S) groups is 1. The fraction of sp³-hybridized carbons (Fsp3) is 0.188. The molecule has 0 unspecified atom stereocenters. The highest BCUT2D eigenvalue weighted by Crippen LogP contribution is 2.38. The van der Waals surface area contributed by atoms with Gasteiger partial charge in [0.25, 0.3) is 11.8 Å². The molecule has 1 aromatic rings. The number of amides is 2. The fourth-order valence-electron chi connectivity index (χ4n) is 2.16. The molecule has 0 aliphatic carbocycles. The molecule has 1 saturated heterocycles. The summed E-state index contributed by atoms with van der Waals surface area (Å²) >= 11 is 11.3. The maximum absolute atomic E-state index is 12.5. The van der Waals surface area contributed by atoms with E-state index in [0.717, 1.165) is 0 Å². The standard InChI is InChI=1S/C16H15ClN2O4S/c1-4-7-19-15(21)10(14(20)18-16(19)24)8-9-5-6-11(22-2)13(23-3)12(9)17/h4-6,8H,1,7H2,2-3H3,(H,18,20,24). The summed E-state index contributed by atoms with van der Waals surface area (Å²) in [5.41, 5.74) is 0.360. The first-order valence-electron chi connectivity index (χ1n) is 6.84. The molecule has 1 aliphatic rings. The molecule has 1 aliphatic heterocycles. The molecule has 0 bridgehead atoms. The maximum atomic E-state index is 12.5. The van der Waals surface area contributed by atoms with Crippen LogP contribution in [0.5, 0.6) is 11.5 Å². The molecule has 6 nitrogen and oxygen atoms in total. The zero-order valence-electron chi connectivity index (χ0n) is 13.1. The summed E-state index contributed by atoms with van der Waals surface area (Å²) in [6.45, 7) is 3.76. The summed E-state index contributed by atoms with van der Waals surface area (Å²) in [7, 11) is 2.93. The average Bonchev–Trinajstić information content (AvgIpc) is 2.56. The number of carbonyl (C=O) groups excluding carboxylic acids is 2. The van der Waals surface area contributed by atoms with Crippen LogP contribution in [0.25, 0.3) is 6.08 Å². The summed E-state index contributed by atoms with van der Waals surface area (Å²) in [4.78, 5) is 25.9. The summed E-state index contributed by atoms with van der Waals surface area (Å²) in [6.07, 6.45) is 2.91. The van der Waals surface area contributed by atoms with Gasteiger partial charge in [-0.05, 0) is 36.0 Å². The third-order valence-electron chi connectivity index (χ3n) is 3.31. The van der Waals surface area contributed by atoms with Crippen molar-refractivity contribution in [3.63, 3.8) is 0 Å². The minimum absolute atomic E-state index is 0.0421. The Morgan fingerprint density at radius 1 is 1.33 bits per heavy atom. The minimum atomic E-state index is -0.587. The van der Waals surface area contributed by atoms with Gasteiger partial charge in [-0.25, -0.2) is 0 Å². The van der Waals surface area contributed by atoms with Crippen LogP contribution in [0.2, 0.25) is 5.02 Å². The van der Waals surface area contributed by atoms with Gasteiger partial charge in [0.2, 0.25) is 0 Å². The number of benzene rings is 1. The lowest BCUT2D eigenvalue weighted by Gasteiger charge is -2.27. The number of nitrogens with zero attached hydrogens (tertiary/aromatic N) is 1. The van der Waals surface area contributed by atoms with Crippen molar-refractivity contribution in [3.05, 3.63) is 40.9 Å². The summed E-state index contributed by atoms with van der Waals surface area (Å²) in [6, 6.07) is 3.26. The van der Waals surface area contributed by atoms with Crippen molar-refractivity contribution < 1.29 is 19.1 Å². The van der Waals surface area contributed by atoms with Crippen LogP contribution in [0, 0.1) is 0 Å². The van der Waals surface area contributed by atoms with Gasteiger partial charge in [-0.2, -0.15) is 0 Å². The second-order valence-electron chi connectivity index (χ2n) is 4.73. The average molecular weight is 367 g/mol. The van der Waals surface area contributed by atoms with Crippen molar-refractivity contribution in [3.8, 4) is 11.5 Å². The minimum Gasteiger partial charge on any atom is -0.493 e. The second-order valence-corrected chi connectivity index (χ2v) is 5.49. The number of halogens is 1. The molecule has 1 fully saturated rings. The Kier molecular flexibility index (Phi) is 5.58. The van der Waals surface area contributed by atoms with E-state index in [1.807, 2.05) is 0 Å². The molecule has 1 N–H and O–H groups in total. The monoisotopic (exact) mass is 366 g/mol. The summed E-state index contributed by atoms with van der Waals surface area (Å²) in [5.74, 6) is -0.347. The van der Waals surface area contributed by atoms with Crippen molar-refractivity contribution in [1.82, 2.24) is 10.2 Å². The Bertz CT molecular complexity index is 761. The smallest absolute Gasteiger partial charge is 0.265 e. The van der Waals surface area contributed by atoms with E-state index < -0.39 is 11.8 Å². The van der Waals surface area contributed by atoms with Crippen LogP contribution < -0.4 is 14.8 Å². The first-order chi connectivity index (χ1) is 11.4. The molecule has 0 aromatic heterocycles. The molecule has 8 heteroatoms. The predicted octanol–water partition coefficient (Wildman–Crippen LogP) is 2.17. The largest absolute Gasteiger partial charge is 0.493 e. The Hall–Kier alpha value is -2.38. The maximum Gasteiger partial charge on any atom is 0.265 e. The third kappa shape index (κ3) is 3.27. The number of carbonyl (C=O) groups is 2. The van der Waals surface area contributed by atoms with Crippen LogP contribution in [-0.2, 0) is 9.59 Å². The number of methoxy groups -OCH3 is 2. The molecule has 24 heavy (non-hydrogen) atoms. The van der Waals surface area contributed by atoms with Gasteiger partial charge in [0.1, 0.15) is 5.57 Å². The highest BCUT2D eigenvalue weighted by atomic mass is 35.5. The molecule has 0 saturated carbocycles. The molecule has 2 amide bonds. The van der Waals surface area contributed by atoms with E-state index in [1.165, 1.54) is 31.3 Å². The van der Waals surface area contributed by atoms with Gasteiger partial charge in [-0.15, -0.1) is 6.58 Å². The second kappa shape index (κ2) is 7.46. The van der Waals surface area contributed by atoms with E-state index in [4.69, 9.17) is 33.3 Å². The normalized spacial score (nSPS) is 16.2. The van der Waals surface area contributed by atoms with Crippen LogP contribution in [0.4, 0.5) is 0 Å². The van der Waals surface area contributed by atoms with Gasteiger partial charge in [0, 0.05) is 6.54 Å². The van der Waals surface area contributed by atoms with Crippen LogP contribution >= 0.6 is 23.8 Å². The Morgan fingerprint density at radius 3 is 2.62 bits per heavy atom. The van der Waals surface area contributed by atoms with Gasteiger partial charge in [0.05, 0.1) is 19.2 Å². The van der Waals surface area contributed by atoms with Crippen molar-refractivity contribution in [1.29, 1.82) is 0 Å². The molecule has 0 spiro atoms. The van der Waals surface area contributed by atoms with Crippen LogP contribution in [0.1, 0.15) is 5.56 Å². The summed E-state index contributed by atoms with van der Waals surface area (Å²) < 4.78 is 10.4. The van der Waals surface area contributed by atoms with Crippen molar-refractivity contribution in [2.75, 3.05) is 20.8 Å². The number of ether oxygens (including phenoxy) is 2. The van der Waals surface area contributed by atoms with E-state index in [9.17, 15) is 9.59 Å². The van der Waals surface area contributed by atoms with E-state index in [1.54, 1.807) is 12.1 Å².